The van der Waals surface area contributed by atoms with Crippen molar-refractivity contribution in [1.29, 1.82) is 0 Å². The smallest absolute Gasteiger partial charge is 0.239 e. The molecular formula is C15H21ClN2O2. The van der Waals surface area contributed by atoms with Crippen LogP contribution < -0.4 is 10.1 Å². The first-order valence-corrected chi connectivity index (χ1v) is 7.30. The lowest BCUT2D eigenvalue weighted by Crippen LogP contribution is -2.47. The Bertz CT molecular complexity index is 473. The molecule has 0 radical (unpaired) electrons. The van der Waals surface area contributed by atoms with Crippen LogP contribution in [0.25, 0.3) is 0 Å². The van der Waals surface area contributed by atoms with E-state index in [-0.39, 0.29) is 11.9 Å². The van der Waals surface area contributed by atoms with Gasteiger partial charge in [-0.25, -0.2) is 0 Å². The average molecular weight is 297 g/mol. The maximum absolute atomic E-state index is 12.4. The number of hydrogen-bond acceptors (Lipinski definition) is 3. The van der Waals surface area contributed by atoms with Gasteiger partial charge in [-0.05, 0) is 37.6 Å². The summed E-state index contributed by atoms with van der Waals surface area (Å²) in [5.41, 5.74) is 0.923. The first-order chi connectivity index (χ1) is 9.61. The van der Waals surface area contributed by atoms with Crippen molar-refractivity contribution >= 4 is 17.5 Å². The molecule has 0 aromatic heterocycles. The summed E-state index contributed by atoms with van der Waals surface area (Å²) in [5, 5.41) is 3.93. The van der Waals surface area contributed by atoms with Gasteiger partial charge in [0.1, 0.15) is 5.75 Å². The van der Waals surface area contributed by atoms with E-state index in [9.17, 15) is 4.79 Å². The summed E-state index contributed by atoms with van der Waals surface area (Å²) in [6.07, 6.45) is 3.17. The topological polar surface area (TPSA) is 41.6 Å². The highest BCUT2D eigenvalue weighted by atomic mass is 35.5. The molecule has 1 aliphatic heterocycles. The van der Waals surface area contributed by atoms with Crippen LogP contribution in [0.3, 0.4) is 0 Å². The summed E-state index contributed by atoms with van der Waals surface area (Å²) < 4.78 is 5.31. The number of nitrogens with one attached hydrogen (secondary N) is 1. The fourth-order valence-corrected chi connectivity index (χ4v) is 2.73. The van der Waals surface area contributed by atoms with Crippen molar-refractivity contribution in [3.05, 3.63) is 28.8 Å². The van der Waals surface area contributed by atoms with Gasteiger partial charge < -0.3 is 15.0 Å². The lowest BCUT2D eigenvalue weighted by Gasteiger charge is -2.27. The molecule has 1 aromatic carbocycles. The molecule has 5 heteroatoms. The van der Waals surface area contributed by atoms with Gasteiger partial charge in [0.25, 0.3) is 0 Å². The van der Waals surface area contributed by atoms with Crippen molar-refractivity contribution in [2.45, 2.75) is 31.8 Å². The number of halogens is 1. The molecule has 1 fully saturated rings. The summed E-state index contributed by atoms with van der Waals surface area (Å²) >= 11 is 6.01. The molecule has 1 amide bonds. The Morgan fingerprint density at radius 3 is 2.95 bits per heavy atom. The average Bonchev–Trinajstić information content (AvgIpc) is 2.47. The number of rotatable bonds is 4. The van der Waals surface area contributed by atoms with Crippen LogP contribution in [0, 0.1) is 0 Å². The minimum atomic E-state index is -0.0565. The predicted molar refractivity (Wildman–Crippen MR) is 80.1 cm³/mol. The van der Waals surface area contributed by atoms with Crippen LogP contribution in [0.5, 0.6) is 5.75 Å². The predicted octanol–water partition coefficient (Wildman–Crippen LogP) is 2.45. The highest BCUT2D eigenvalue weighted by Gasteiger charge is 2.24. The van der Waals surface area contributed by atoms with Crippen LogP contribution in [0.4, 0.5) is 0 Å². The number of piperidine rings is 1. The number of methoxy groups -OCH3 is 1. The third-order valence-corrected chi connectivity index (χ3v) is 3.87. The molecule has 1 aromatic rings. The van der Waals surface area contributed by atoms with Gasteiger partial charge >= 0.3 is 0 Å². The van der Waals surface area contributed by atoms with Crippen molar-refractivity contribution in [3.8, 4) is 5.75 Å². The number of nitrogens with zero attached hydrogens (tertiary/aromatic N) is 1. The zero-order chi connectivity index (χ0) is 14.5. The molecule has 1 heterocycles. The van der Waals surface area contributed by atoms with Crippen LogP contribution in [0.2, 0.25) is 5.02 Å². The Kier molecular flexibility index (Phi) is 5.26. The Balaban J connectivity index is 2.04. The van der Waals surface area contributed by atoms with Crippen molar-refractivity contribution in [2.75, 3.05) is 20.7 Å². The molecule has 1 atom stereocenters. The van der Waals surface area contributed by atoms with E-state index >= 15 is 0 Å². The van der Waals surface area contributed by atoms with Crippen molar-refractivity contribution in [1.82, 2.24) is 10.2 Å². The number of likely N-dealkylation sites (N-methyl/N-ethyl adjacent to an activating group) is 1. The molecule has 1 saturated heterocycles. The van der Waals surface area contributed by atoms with E-state index in [2.05, 4.69) is 5.32 Å². The molecule has 1 aliphatic rings. The van der Waals surface area contributed by atoms with Crippen molar-refractivity contribution < 1.29 is 9.53 Å². The third kappa shape index (κ3) is 3.64. The molecule has 4 nitrogen and oxygen atoms in total. The van der Waals surface area contributed by atoms with E-state index in [1.54, 1.807) is 18.1 Å². The zero-order valence-electron chi connectivity index (χ0n) is 12.0. The van der Waals surface area contributed by atoms with E-state index in [4.69, 9.17) is 16.3 Å². The van der Waals surface area contributed by atoms with Crippen LogP contribution in [-0.4, -0.2) is 37.6 Å². The van der Waals surface area contributed by atoms with E-state index in [0.29, 0.717) is 11.6 Å². The van der Waals surface area contributed by atoms with Gasteiger partial charge in [-0.1, -0.05) is 18.0 Å². The summed E-state index contributed by atoms with van der Waals surface area (Å²) in [4.78, 5) is 14.1. The Labute approximate surface area is 125 Å². The van der Waals surface area contributed by atoms with Crippen LogP contribution in [0.1, 0.15) is 24.8 Å². The lowest BCUT2D eigenvalue weighted by atomic mass is 10.0. The standard InChI is InChI=1S/C15H21ClN2O2/c1-18(15(19)13-5-3-4-8-17-13)10-11-9-12(16)6-7-14(11)20-2/h6-7,9,13,17H,3-5,8,10H2,1-2H3. The maximum atomic E-state index is 12.4. The van der Waals surface area contributed by atoms with Gasteiger partial charge in [0.2, 0.25) is 5.91 Å². The molecule has 0 bridgehead atoms. The molecule has 0 saturated carbocycles. The second-order valence-corrected chi connectivity index (χ2v) is 5.59. The largest absolute Gasteiger partial charge is 0.496 e. The summed E-state index contributed by atoms with van der Waals surface area (Å²) in [6, 6.07) is 5.40. The highest BCUT2D eigenvalue weighted by molar-refractivity contribution is 6.30. The monoisotopic (exact) mass is 296 g/mol. The van der Waals surface area contributed by atoms with E-state index in [1.807, 2.05) is 19.2 Å². The van der Waals surface area contributed by atoms with E-state index in [0.717, 1.165) is 37.1 Å². The molecule has 0 spiro atoms. The summed E-state index contributed by atoms with van der Waals surface area (Å²) in [7, 11) is 3.44. The quantitative estimate of drug-likeness (QED) is 0.928. The number of amides is 1. The van der Waals surface area contributed by atoms with Gasteiger partial charge in [-0.15, -0.1) is 0 Å². The van der Waals surface area contributed by atoms with Crippen molar-refractivity contribution in [2.24, 2.45) is 0 Å². The minimum Gasteiger partial charge on any atom is -0.496 e. The van der Waals surface area contributed by atoms with Crippen LogP contribution in [0.15, 0.2) is 18.2 Å². The summed E-state index contributed by atoms with van der Waals surface area (Å²) in [6.45, 7) is 1.42. The zero-order valence-corrected chi connectivity index (χ0v) is 12.7. The first kappa shape index (κ1) is 15.1. The Hall–Kier alpha value is -1.26. The molecular weight excluding hydrogens is 276 g/mol. The van der Waals surface area contributed by atoms with E-state index in [1.165, 1.54) is 0 Å². The van der Waals surface area contributed by atoms with Gasteiger partial charge in [-0.2, -0.15) is 0 Å². The number of ether oxygens (including phenoxy) is 1. The highest BCUT2D eigenvalue weighted by Crippen LogP contribution is 2.24. The van der Waals surface area contributed by atoms with Crippen molar-refractivity contribution in [3.63, 3.8) is 0 Å². The summed E-state index contributed by atoms with van der Waals surface area (Å²) in [5.74, 6) is 0.886. The Morgan fingerprint density at radius 2 is 2.30 bits per heavy atom. The van der Waals surface area contributed by atoms with Gasteiger partial charge in [-0.3, -0.25) is 4.79 Å². The normalized spacial score (nSPS) is 18.6. The SMILES string of the molecule is COc1ccc(Cl)cc1CN(C)C(=O)C1CCCCN1. The fourth-order valence-electron chi connectivity index (χ4n) is 2.53. The van der Waals surface area contributed by atoms with Gasteiger partial charge in [0.05, 0.1) is 13.2 Å². The Morgan fingerprint density at radius 1 is 1.50 bits per heavy atom. The van der Waals surface area contributed by atoms with Crippen LogP contribution in [-0.2, 0) is 11.3 Å². The van der Waals surface area contributed by atoms with Crippen LogP contribution >= 0.6 is 11.6 Å². The number of carbonyl (C=O) groups excluding carboxylic acids is 1. The molecule has 1 N–H and O–H groups in total. The fraction of sp³-hybridized carbons (Fsp3) is 0.533. The maximum Gasteiger partial charge on any atom is 0.239 e. The number of hydrogen-bond donors (Lipinski definition) is 1. The number of benzene rings is 1. The molecule has 1 unspecified atom stereocenters. The third-order valence-electron chi connectivity index (χ3n) is 3.63. The second kappa shape index (κ2) is 6.95. The van der Waals surface area contributed by atoms with Gasteiger partial charge in [0, 0.05) is 24.2 Å². The number of carbonyl (C=O) groups is 1. The minimum absolute atomic E-state index is 0.0565. The first-order valence-electron chi connectivity index (χ1n) is 6.92. The molecule has 110 valence electrons. The van der Waals surface area contributed by atoms with Gasteiger partial charge in [0.15, 0.2) is 0 Å². The lowest BCUT2D eigenvalue weighted by molar-refractivity contribution is -0.133. The molecule has 0 aliphatic carbocycles. The second-order valence-electron chi connectivity index (χ2n) is 5.15. The molecule has 20 heavy (non-hydrogen) atoms. The molecule has 2 rings (SSSR count). The van der Waals surface area contributed by atoms with E-state index < -0.39 is 0 Å².